The lowest BCUT2D eigenvalue weighted by Gasteiger charge is -2.17. The van der Waals surface area contributed by atoms with Crippen LogP contribution in [0, 0.1) is 5.92 Å². The zero-order valence-corrected chi connectivity index (χ0v) is 19.5. The number of benzene rings is 2. The number of carbonyl (C=O) groups excluding carboxylic acids is 4. The molecule has 3 rings (SSSR count). The van der Waals surface area contributed by atoms with Crippen molar-refractivity contribution < 1.29 is 37.1 Å². The third-order valence-corrected chi connectivity index (χ3v) is 5.57. The van der Waals surface area contributed by atoms with Crippen LogP contribution in [0.5, 0.6) is 0 Å². The second-order valence-electron chi connectivity index (χ2n) is 7.20. The molecule has 34 heavy (non-hydrogen) atoms. The van der Waals surface area contributed by atoms with E-state index in [2.05, 4.69) is 26.7 Å². The standard InChI is InChI=1S/C21H16BrClF3N3O5/c22-14-4-1-11(2-5-14)19(32)28-29-9-12(7-18(29)31)20(33)34-10-17(30)27-16-8-13(21(24,25)26)3-6-15(16)23/h1-6,8,12H,7,9-10H2,(H,27,30)(H,28,32)/t12-/m1/s1. The Morgan fingerprint density at radius 3 is 2.47 bits per heavy atom. The number of nitrogens with zero attached hydrogens (tertiary/aromatic N) is 1. The van der Waals surface area contributed by atoms with E-state index < -0.39 is 48.0 Å². The van der Waals surface area contributed by atoms with Crippen molar-refractivity contribution in [3.8, 4) is 0 Å². The summed E-state index contributed by atoms with van der Waals surface area (Å²) in [4.78, 5) is 48.7. The highest BCUT2D eigenvalue weighted by molar-refractivity contribution is 9.10. The normalized spacial score (nSPS) is 15.7. The molecular weight excluding hydrogens is 547 g/mol. The number of ether oxygens (including phenoxy) is 1. The minimum atomic E-state index is -4.63. The van der Waals surface area contributed by atoms with E-state index in [0.717, 1.165) is 21.6 Å². The first-order valence-electron chi connectivity index (χ1n) is 9.64. The summed E-state index contributed by atoms with van der Waals surface area (Å²) in [5, 5.41) is 3.00. The summed E-state index contributed by atoms with van der Waals surface area (Å²) in [5.41, 5.74) is 1.39. The Balaban J connectivity index is 1.51. The molecule has 0 bridgehead atoms. The van der Waals surface area contributed by atoms with E-state index in [1.807, 2.05) is 0 Å². The van der Waals surface area contributed by atoms with Crippen LogP contribution in [0.1, 0.15) is 22.3 Å². The smallest absolute Gasteiger partial charge is 0.416 e. The highest BCUT2D eigenvalue weighted by Gasteiger charge is 2.37. The van der Waals surface area contributed by atoms with Gasteiger partial charge < -0.3 is 10.1 Å². The summed E-state index contributed by atoms with van der Waals surface area (Å²) in [6, 6.07) is 8.78. The molecule has 0 aromatic heterocycles. The van der Waals surface area contributed by atoms with Crippen molar-refractivity contribution in [1.82, 2.24) is 10.4 Å². The first-order chi connectivity index (χ1) is 15.9. The summed E-state index contributed by atoms with van der Waals surface area (Å²) >= 11 is 9.06. The van der Waals surface area contributed by atoms with Gasteiger partial charge in [0.15, 0.2) is 6.61 Å². The van der Waals surface area contributed by atoms with Crippen molar-refractivity contribution >= 4 is 56.9 Å². The molecule has 180 valence electrons. The number of amides is 3. The monoisotopic (exact) mass is 561 g/mol. The van der Waals surface area contributed by atoms with E-state index in [0.29, 0.717) is 11.6 Å². The number of esters is 1. The minimum absolute atomic E-state index is 0.133. The SMILES string of the molecule is O=C(COC(=O)[C@@H]1CC(=O)N(NC(=O)c2ccc(Br)cc2)C1)Nc1cc(C(F)(F)F)ccc1Cl. The van der Waals surface area contributed by atoms with Gasteiger partial charge in [0, 0.05) is 16.5 Å². The van der Waals surface area contributed by atoms with Gasteiger partial charge in [-0.2, -0.15) is 13.2 Å². The second-order valence-corrected chi connectivity index (χ2v) is 8.52. The lowest BCUT2D eigenvalue weighted by Crippen LogP contribution is -2.43. The van der Waals surface area contributed by atoms with Gasteiger partial charge in [0.1, 0.15) is 0 Å². The highest BCUT2D eigenvalue weighted by Crippen LogP contribution is 2.33. The maximum absolute atomic E-state index is 12.8. The van der Waals surface area contributed by atoms with Crippen LogP contribution in [-0.2, 0) is 25.3 Å². The maximum Gasteiger partial charge on any atom is 0.416 e. The summed E-state index contributed by atoms with van der Waals surface area (Å²) in [7, 11) is 0. The molecule has 0 spiro atoms. The lowest BCUT2D eigenvalue weighted by molar-refractivity contribution is -0.151. The number of rotatable bonds is 6. The molecule has 0 saturated carbocycles. The predicted octanol–water partition coefficient (Wildman–Crippen LogP) is 3.80. The number of carbonyl (C=O) groups is 4. The zero-order valence-electron chi connectivity index (χ0n) is 17.1. The van der Waals surface area contributed by atoms with Gasteiger partial charge in [-0.05, 0) is 42.5 Å². The Labute approximate surface area is 204 Å². The van der Waals surface area contributed by atoms with Crippen molar-refractivity contribution in [3.05, 3.63) is 63.1 Å². The predicted molar refractivity (Wildman–Crippen MR) is 117 cm³/mol. The van der Waals surface area contributed by atoms with Gasteiger partial charge in [-0.1, -0.05) is 27.5 Å². The molecule has 1 atom stereocenters. The molecular formula is C21H16BrClF3N3O5. The lowest BCUT2D eigenvalue weighted by atomic mass is 10.1. The van der Waals surface area contributed by atoms with Crippen molar-refractivity contribution in [2.45, 2.75) is 12.6 Å². The molecule has 1 aliphatic heterocycles. The molecule has 0 unspecified atom stereocenters. The van der Waals surface area contributed by atoms with Crippen molar-refractivity contribution in [2.24, 2.45) is 5.92 Å². The second kappa shape index (κ2) is 10.4. The van der Waals surface area contributed by atoms with Gasteiger partial charge in [-0.3, -0.25) is 29.6 Å². The van der Waals surface area contributed by atoms with Crippen molar-refractivity contribution in [2.75, 3.05) is 18.5 Å². The summed E-state index contributed by atoms with van der Waals surface area (Å²) in [6.45, 7) is -0.970. The quantitative estimate of drug-likeness (QED) is 0.522. The Bertz CT molecular complexity index is 1130. The topological polar surface area (TPSA) is 105 Å². The number of halogens is 5. The molecule has 2 aromatic carbocycles. The Morgan fingerprint density at radius 2 is 1.82 bits per heavy atom. The molecule has 0 radical (unpaired) electrons. The largest absolute Gasteiger partial charge is 0.455 e. The first kappa shape index (κ1) is 25.5. The molecule has 1 saturated heterocycles. The van der Waals surface area contributed by atoms with Gasteiger partial charge >= 0.3 is 12.1 Å². The number of hydrogen-bond donors (Lipinski definition) is 2. The Morgan fingerprint density at radius 1 is 1.15 bits per heavy atom. The molecule has 8 nitrogen and oxygen atoms in total. The minimum Gasteiger partial charge on any atom is -0.455 e. The number of nitrogens with one attached hydrogen (secondary N) is 2. The van der Waals surface area contributed by atoms with Gasteiger partial charge in [0.2, 0.25) is 5.91 Å². The third-order valence-electron chi connectivity index (χ3n) is 4.71. The number of hydrazine groups is 1. The number of hydrogen-bond acceptors (Lipinski definition) is 5. The molecule has 0 aliphatic carbocycles. The molecule has 2 aromatic rings. The van der Waals surface area contributed by atoms with E-state index in [4.69, 9.17) is 16.3 Å². The molecule has 1 aliphatic rings. The van der Waals surface area contributed by atoms with Crippen LogP contribution < -0.4 is 10.7 Å². The van der Waals surface area contributed by atoms with Gasteiger partial charge in [-0.15, -0.1) is 0 Å². The molecule has 13 heteroatoms. The average molecular weight is 563 g/mol. The van der Waals surface area contributed by atoms with Crippen LogP contribution in [-0.4, -0.2) is 41.9 Å². The Kier molecular flexibility index (Phi) is 7.82. The first-order valence-corrected chi connectivity index (χ1v) is 10.8. The van der Waals surface area contributed by atoms with Crippen molar-refractivity contribution in [3.63, 3.8) is 0 Å². The Hall–Kier alpha value is -3.12. The van der Waals surface area contributed by atoms with Crippen LogP contribution in [0.25, 0.3) is 0 Å². The van der Waals surface area contributed by atoms with E-state index in [-0.39, 0.29) is 23.7 Å². The van der Waals surface area contributed by atoms with Gasteiger partial charge in [-0.25, -0.2) is 0 Å². The van der Waals surface area contributed by atoms with E-state index >= 15 is 0 Å². The third kappa shape index (κ3) is 6.48. The maximum atomic E-state index is 12.8. The number of anilines is 1. The fourth-order valence-corrected chi connectivity index (χ4v) is 3.43. The zero-order chi connectivity index (χ0) is 25.0. The van der Waals surface area contributed by atoms with Crippen LogP contribution in [0.4, 0.5) is 18.9 Å². The summed E-state index contributed by atoms with van der Waals surface area (Å²) in [5.74, 6) is -3.80. The molecule has 2 N–H and O–H groups in total. The van der Waals surface area contributed by atoms with Crippen LogP contribution in [0.15, 0.2) is 46.9 Å². The van der Waals surface area contributed by atoms with E-state index in [9.17, 15) is 32.3 Å². The van der Waals surface area contributed by atoms with Crippen LogP contribution in [0.2, 0.25) is 5.02 Å². The van der Waals surface area contributed by atoms with Crippen LogP contribution >= 0.6 is 27.5 Å². The number of alkyl halides is 3. The van der Waals surface area contributed by atoms with E-state index in [1.165, 1.54) is 0 Å². The molecule has 1 fully saturated rings. The molecule has 1 heterocycles. The van der Waals surface area contributed by atoms with E-state index in [1.54, 1.807) is 24.3 Å². The fourth-order valence-electron chi connectivity index (χ4n) is 3.00. The van der Waals surface area contributed by atoms with Gasteiger partial charge in [0.05, 0.1) is 28.7 Å². The average Bonchev–Trinajstić information content (AvgIpc) is 3.13. The van der Waals surface area contributed by atoms with Crippen LogP contribution in [0.3, 0.4) is 0 Å². The highest BCUT2D eigenvalue weighted by atomic mass is 79.9. The molecule has 3 amide bonds. The summed E-state index contributed by atoms with van der Waals surface area (Å²) < 4.78 is 44.2. The fraction of sp³-hybridized carbons (Fsp3) is 0.238. The summed E-state index contributed by atoms with van der Waals surface area (Å²) in [6.07, 6.45) is -4.88. The van der Waals surface area contributed by atoms with Gasteiger partial charge in [0.25, 0.3) is 11.8 Å². The van der Waals surface area contributed by atoms with Crippen molar-refractivity contribution in [1.29, 1.82) is 0 Å².